The van der Waals surface area contributed by atoms with Gasteiger partial charge in [0.1, 0.15) is 11.3 Å². The highest BCUT2D eigenvalue weighted by Crippen LogP contribution is 2.36. The summed E-state index contributed by atoms with van der Waals surface area (Å²) in [6.07, 6.45) is 0. The lowest BCUT2D eigenvalue weighted by atomic mass is 10.2. The van der Waals surface area contributed by atoms with Crippen LogP contribution in [0.15, 0.2) is 21.7 Å². The van der Waals surface area contributed by atoms with Crippen LogP contribution in [0.1, 0.15) is 10.4 Å². The van der Waals surface area contributed by atoms with Crippen molar-refractivity contribution in [3.63, 3.8) is 0 Å². The molecule has 0 atom stereocenters. The molecule has 0 spiro atoms. The van der Waals surface area contributed by atoms with Gasteiger partial charge < -0.3 is 9.84 Å². The van der Waals surface area contributed by atoms with Crippen LogP contribution in [0.25, 0.3) is 10.4 Å². The van der Waals surface area contributed by atoms with Gasteiger partial charge in [-0.1, -0.05) is 11.2 Å². The van der Waals surface area contributed by atoms with Gasteiger partial charge in [0.15, 0.2) is 0 Å². The number of halogens is 1. The standard InChI is InChI=1S/C8H6BrN3O3/c1-15-8(14)4-2-3-5(11-12-10)6(9)7(4)13/h2-3,13H,1H3. The molecule has 0 saturated heterocycles. The summed E-state index contributed by atoms with van der Waals surface area (Å²) in [5, 5.41) is 12.9. The second kappa shape index (κ2) is 4.68. The van der Waals surface area contributed by atoms with Crippen molar-refractivity contribution < 1.29 is 14.6 Å². The van der Waals surface area contributed by atoms with Gasteiger partial charge in [-0.15, -0.1) is 0 Å². The maximum atomic E-state index is 11.1. The van der Waals surface area contributed by atoms with Crippen molar-refractivity contribution in [2.45, 2.75) is 0 Å². The van der Waals surface area contributed by atoms with Crippen molar-refractivity contribution in [2.75, 3.05) is 7.11 Å². The molecule has 0 fully saturated rings. The molecule has 0 aromatic heterocycles. The smallest absolute Gasteiger partial charge is 0.341 e. The largest absolute Gasteiger partial charge is 0.506 e. The summed E-state index contributed by atoms with van der Waals surface area (Å²) < 4.78 is 4.60. The Morgan fingerprint density at radius 1 is 1.67 bits per heavy atom. The van der Waals surface area contributed by atoms with E-state index in [1.807, 2.05) is 0 Å². The molecule has 1 rings (SSSR count). The summed E-state index contributed by atoms with van der Waals surface area (Å²) in [4.78, 5) is 13.7. The minimum atomic E-state index is -0.666. The number of ether oxygens (including phenoxy) is 1. The van der Waals surface area contributed by atoms with Gasteiger partial charge in [0.25, 0.3) is 0 Å². The summed E-state index contributed by atoms with van der Waals surface area (Å²) >= 11 is 3.01. The Morgan fingerprint density at radius 2 is 2.33 bits per heavy atom. The van der Waals surface area contributed by atoms with Crippen molar-refractivity contribution >= 4 is 27.6 Å². The first kappa shape index (κ1) is 11.4. The van der Waals surface area contributed by atoms with Crippen molar-refractivity contribution in [3.8, 4) is 5.75 Å². The van der Waals surface area contributed by atoms with Gasteiger partial charge >= 0.3 is 5.97 Å². The second-order valence-electron chi connectivity index (χ2n) is 2.48. The molecule has 7 heteroatoms. The number of methoxy groups -OCH3 is 1. The van der Waals surface area contributed by atoms with Crippen LogP contribution in [0.3, 0.4) is 0 Å². The minimum Gasteiger partial charge on any atom is -0.506 e. The van der Waals surface area contributed by atoms with Crippen LogP contribution < -0.4 is 0 Å². The fourth-order valence-corrected chi connectivity index (χ4v) is 1.38. The first-order valence-corrected chi connectivity index (χ1v) is 4.56. The Bertz CT molecular complexity index is 455. The Kier molecular flexibility index (Phi) is 3.54. The summed E-state index contributed by atoms with van der Waals surface area (Å²) in [7, 11) is 1.21. The molecular weight excluding hydrogens is 266 g/mol. The molecule has 0 aliphatic carbocycles. The van der Waals surface area contributed by atoms with Gasteiger partial charge in [-0.3, -0.25) is 0 Å². The Hall–Kier alpha value is -1.72. The van der Waals surface area contributed by atoms with E-state index in [2.05, 4.69) is 30.7 Å². The van der Waals surface area contributed by atoms with Crippen LogP contribution in [-0.2, 0) is 4.74 Å². The van der Waals surface area contributed by atoms with E-state index in [1.165, 1.54) is 19.2 Å². The van der Waals surface area contributed by atoms with E-state index in [0.717, 1.165) is 0 Å². The predicted octanol–water partition coefficient (Wildman–Crippen LogP) is 2.88. The number of esters is 1. The maximum Gasteiger partial charge on any atom is 0.341 e. The number of aromatic hydroxyl groups is 1. The number of azide groups is 1. The number of nitrogens with zero attached hydrogens (tertiary/aromatic N) is 3. The van der Waals surface area contributed by atoms with Gasteiger partial charge in [0.2, 0.25) is 0 Å². The molecule has 78 valence electrons. The Balaban J connectivity index is 3.33. The topological polar surface area (TPSA) is 95.3 Å². The van der Waals surface area contributed by atoms with Crippen LogP contribution in [-0.4, -0.2) is 18.2 Å². The van der Waals surface area contributed by atoms with E-state index >= 15 is 0 Å². The van der Waals surface area contributed by atoms with Crippen LogP contribution in [0.4, 0.5) is 5.69 Å². The van der Waals surface area contributed by atoms with E-state index in [4.69, 9.17) is 5.53 Å². The monoisotopic (exact) mass is 271 g/mol. The number of hydrogen-bond acceptors (Lipinski definition) is 4. The second-order valence-corrected chi connectivity index (χ2v) is 3.27. The van der Waals surface area contributed by atoms with Crippen molar-refractivity contribution in [1.82, 2.24) is 0 Å². The highest BCUT2D eigenvalue weighted by molar-refractivity contribution is 9.10. The van der Waals surface area contributed by atoms with E-state index in [-0.39, 0.29) is 21.5 Å². The third-order valence-corrected chi connectivity index (χ3v) is 2.44. The fourth-order valence-electron chi connectivity index (χ4n) is 0.954. The van der Waals surface area contributed by atoms with E-state index in [9.17, 15) is 9.90 Å². The van der Waals surface area contributed by atoms with Crippen LogP contribution in [0.5, 0.6) is 5.75 Å². The fraction of sp³-hybridized carbons (Fsp3) is 0.125. The minimum absolute atomic E-state index is 0.00117. The highest BCUT2D eigenvalue weighted by atomic mass is 79.9. The number of hydrogen-bond donors (Lipinski definition) is 1. The van der Waals surface area contributed by atoms with Crippen LogP contribution in [0, 0.1) is 0 Å². The Morgan fingerprint density at radius 3 is 2.87 bits per heavy atom. The lowest BCUT2D eigenvalue weighted by Crippen LogP contribution is -2.01. The third kappa shape index (κ3) is 2.20. The predicted molar refractivity (Wildman–Crippen MR) is 56.0 cm³/mol. The van der Waals surface area contributed by atoms with E-state index in [0.29, 0.717) is 0 Å². The molecule has 0 bridgehead atoms. The van der Waals surface area contributed by atoms with Gasteiger partial charge in [0, 0.05) is 4.91 Å². The average Bonchev–Trinajstić information content (AvgIpc) is 2.24. The number of benzene rings is 1. The highest BCUT2D eigenvalue weighted by Gasteiger charge is 2.15. The van der Waals surface area contributed by atoms with Gasteiger partial charge in [-0.05, 0) is 27.5 Å². The molecule has 0 amide bonds. The van der Waals surface area contributed by atoms with Crippen LogP contribution in [0.2, 0.25) is 0 Å². The van der Waals surface area contributed by atoms with Gasteiger partial charge in [0.05, 0.1) is 17.3 Å². The average molecular weight is 272 g/mol. The van der Waals surface area contributed by atoms with Gasteiger partial charge in [-0.25, -0.2) is 4.79 Å². The molecule has 15 heavy (non-hydrogen) atoms. The molecule has 1 aromatic rings. The van der Waals surface area contributed by atoms with Gasteiger partial charge in [-0.2, -0.15) is 0 Å². The molecular formula is C8H6BrN3O3. The number of carbonyl (C=O) groups is 1. The van der Waals surface area contributed by atoms with Crippen LogP contribution >= 0.6 is 15.9 Å². The molecule has 0 aliphatic rings. The molecule has 0 aliphatic heterocycles. The normalized spacial score (nSPS) is 9.20. The number of rotatable bonds is 2. The maximum absolute atomic E-state index is 11.1. The summed E-state index contributed by atoms with van der Waals surface area (Å²) in [5.41, 5.74) is 8.42. The molecule has 0 heterocycles. The Labute approximate surface area is 93.2 Å². The summed E-state index contributed by atoms with van der Waals surface area (Å²) in [5.74, 6) is -0.979. The quantitative estimate of drug-likeness (QED) is 0.388. The first-order valence-electron chi connectivity index (χ1n) is 3.76. The molecule has 6 nitrogen and oxygen atoms in total. The summed E-state index contributed by atoms with van der Waals surface area (Å²) in [6.45, 7) is 0. The van der Waals surface area contributed by atoms with E-state index in [1.54, 1.807) is 0 Å². The molecule has 0 unspecified atom stereocenters. The van der Waals surface area contributed by atoms with Crippen molar-refractivity contribution in [2.24, 2.45) is 5.11 Å². The van der Waals surface area contributed by atoms with Crippen molar-refractivity contribution in [1.29, 1.82) is 0 Å². The number of phenols is 1. The number of carbonyl (C=O) groups excluding carboxylic acids is 1. The third-order valence-electron chi connectivity index (χ3n) is 1.65. The zero-order valence-electron chi connectivity index (χ0n) is 7.64. The zero-order chi connectivity index (χ0) is 11.4. The van der Waals surface area contributed by atoms with E-state index < -0.39 is 5.97 Å². The lowest BCUT2D eigenvalue weighted by Gasteiger charge is -2.05. The van der Waals surface area contributed by atoms with Crippen molar-refractivity contribution in [3.05, 3.63) is 32.6 Å². The molecule has 0 saturated carbocycles. The zero-order valence-corrected chi connectivity index (χ0v) is 9.22. The first-order chi connectivity index (χ1) is 7.11. The molecule has 0 radical (unpaired) electrons. The SMILES string of the molecule is COC(=O)c1ccc(N=[N+]=[N-])c(Br)c1O. The molecule has 1 aromatic carbocycles. The summed E-state index contributed by atoms with van der Waals surface area (Å²) in [6, 6.07) is 2.71. The number of phenolic OH excluding ortho intramolecular Hbond substituents is 1. The lowest BCUT2D eigenvalue weighted by molar-refractivity contribution is 0.0597. The molecule has 1 N–H and O–H groups in total.